The fraction of sp³-hybridized carbons (Fsp3) is 0.364. The number of sulfone groups is 1. The number of halogens is 3. The molecule has 0 aliphatic carbocycles. The zero-order valence-corrected chi connectivity index (χ0v) is 11.5. The number of carboxylic acid groups (broad SMARTS) is 1. The molecule has 2 N–H and O–H groups in total. The Balaban J connectivity index is 2.96. The molecule has 1 aromatic carbocycles. The first-order chi connectivity index (χ1) is 9.59. The predicted octanol–water partition coefficient (Wildman–Crippen LogP) is 1.49. The fourth-order valence-electron chi connectivity index (χ4n) is 1.41. The van der Waals surface area contributed by atoms with Crippen molar-refractivity contribution in [3.05, 3.63) is 24.3 Å². The van der Waals surface area contributed by atoms with E-state index in [1.54, 1.807) is 0 Å². The Bertz CT molecular complexity index is 597. The third-order valence-corrected chi connectivity index (χ3v) is 3.94. The zero-order chi connectivity index (χ0) is 16.3. The molecule has 118 valence electrons. The van der Waals surface area contributed by atoms with Crippen molar-refractivity contribution in [2.45, 2.75) is 16.4 Å². The molecular formula is C11H12F3NO5S. The van der Waals surface area contributed by atoms with E-state index in [-0.39, 0.29) is 12.3 Å². The van der Waals surface area contributed by atoms with Crippen LogP contribution in [0.3, 0.4) is 0 Å². The number of ether oxygens (including phenoxy) is 1. The Morgan fingerprint density at radius 1 is 1.33 bits per heavy atom. The minimum absolute atomic E-state index is 0.153. The van der Waals surface area contributed by atoms with Crippen molar-refractivity contribution in [2.75, 3.05) is 19.0 Å². The van der Waals surface area contributed by atoms with Crippen molar-refractivity contribution in [3.63, 3.8) is 0 Å². The number of carbonyl (C=O) groups is 1. The summed E-state index contributed by atoms with van der Waals surface area (Å²) in [5.74, 6) is -1.22. The van der Waals surface area contributed by atoms with Crippen molar-refractivity contribution in [1.82, 2.24) is 0 Å². The van der Waals surface area contributed by atoms with Crippen LogP contribution in [0, 0.1) is 0 Å². The molecule has 0 saturated heterocycles. The average molecular weight is 327 g/mol. The second-order valence-electron chi connectivity index (χ2n) is 3.96. The summed E-state index contributed by atoms with van der Waals surface area (Å²) in [4.78, 5) is 9.95. The highest BCUT2D eigenvalue weighted by Gasteiger charge is 2.46. The number of benzene rings is 1. The van der Waals surface area contributed by atoms with Crippen LogP contribution in [0.4, 0.5) is 18.9 Å². The predicted molar refractivity (Wildman–Crippen MR) is 66.6 cm³/mol. The third-order valence-electron chi connectivity index (χ3n) is 2.44. The lowest BCUT2D eigenvalue weighted by molar-refractivity contribution is -0.139. The summed E-state index contributed by atoms with van der Waals surface area (Å²) in [5, 5.41) is 11.4. The van der Waals surface area contributed by atoms with Gasteiger partial charge in [-0.05, 0) is 24.3 Å². The van der Waals surface area contributed by atoms with Crippen LogP contribution in [0.1, 0.15) is 0 Å². The fourth-order valence-corrected chi connectivity index (χ4v) is 2.17. The van der Waals surface area contributed by atoms with Crippen molar-refractivity contribution in [2.24, 2.45) is 0 Å². The van der Waals surface area contributed by atoms with Gasteiger partial charge in [-0.25, -0.2) is 13.2 Å². The molecule has 1 atom stereocenters. The molecule has 0 heterocycles. The number of aliphatic carboxylic acids is 1. The van der Waals surface area contributed by atoms with Gasteiger partial charge in [0.1, 0.15) is 6.04 Å². The standard InChI is InChI=1S/C11H12F3NO5S/c1-20-6-9(10(16)17)15-7-2-4-8(5-3-7)21(18,19)11(12,13)14/h2-5,9,15H,6H2,1H3,(H,16,17). The SMILES string of the molecule is COCC(Nc1ccc(S(=O)(=O)C(F)(F)F)cc1)C(=O)O. The van der Waals surface area contributed by atoms with E-state index in [0.717, 1.165) is 24.3 Å². The molecule has 10 heteroatoms. The van der Waals surface area contributed by atoms with Crippen LogP contribution in [0.2, 0.25) is 0 Å². The Labute approximate surface area is 118 Å². The first-order valence-corrected chi connectivity index (χ1v) is 6.97. The van der Waals surface area contributed by atoms with E-state index in [1.165, 1.54) is 7.11 Å². The van der Waals surface area contributed by atoms with Gasteiger partial charge in [-0.1, -0.05) is 0 Å². The normalized spacial score (nSPS) is 13.7. The molecule has 0 fully saturated rings. The van der Waals surface area contributed by atoms with Crippen molar-refractivity contribution < 1.29 is 36.2 Å². The van der Waals surface area contributed by atoms with Crippen LogP contribution in [0.5, 0.6) is 0 Å². The van der Waals surface area contributed by atoms with Gasteiger partial charge in [-0.2, -0.15) is 13.2 Å². The second-order valence-corrected chi connectivity index (χ2v) is 5.91. The molecule has 0 spiro atoms. The minimum atomic E-state index is -5.42. The molecule has 1 aromatic rings. The van der Waals surface area contributed by atoms with Gasteiger partial charge in [-0.15, -0.1) is 0 Å². The van der Waals surface area contributed by atoms with Gasteiger partial charge in [0.2, 0.25) is 0 Å². The molecule has 0 radical (unpaired) electrons. The first-order valence-electron chi connectivity index (χ1n) is 5.49. The molecule has 0 amide bonds. The maximum Gasteiger partial charge on any atom is 0.501 e. The molecule has 1 rings (SSSR count). The van der Waals surface area contributed by atoms with E-state index in [0.29, 0.717) is 0 Å². The number of anilines is 1. The first kappa shape index (κ1) is 17.2. The molecule has 0 bridgehead atoms. The highest BCUT2D eigenvalue weighted by molar-refractivity contribution is 7.92. The van der Waals surface area contributed by atoms with Crippen LogP contribution in [0.25, 0.3) is 0 Å². The van der Waals surface area contributed by atoms with Crippen molar-refractivity contribution in [1.29, 1.82) is 0 Å². The summed E-state index contributed by atoms with van der Waals surface area (Å²) in [7, 11) is -4.13. The number of rotatable bonds is 6. The van der Waals surface area contributed by atoms with Crippen LogP contribution in [-0.2, 0) is 19.4 Å². The number of carboxylic acids is 1. The van der Waals surface area contributed by atoms with Crippen molar-refractivity contribution >= 4 is 21.5 Å². The monoisotopic (exact) mass is 327 g/mol. The van der Waals surface area contributed by atoms with E-state index in [9.17, 15) is 26.4 Å². The van der Waals surface area contributed by atoms with Gasteiger partial charge in [0.25, 0.3) is 9.84 Å². The summed E-state index contributed by atoms with van der Waals surface area (Å²) in [6.07, 6.45) is 0. The lowest BCUT2D eigenvalue weighted by atomic mass is 10.2. The number of alkyl halides is 3. The van der Waals surface area contributed by atoms with Gasteiger partial charge in [0.15, 0.2) is 0 Å². The summed E-state index contributed by atoms with van der Waals surface area (Å²) < 4.78 is 64.0. The minimum Gasteiger partial charge on any atom is -0.480 e. The Kier molecular flexibility index (Phi) is 5.18. The van der Waals surface area contributed by atoms with E-state index in [2.05, 4.69) is 10.1 Å². The molecule has 0 aliphatic heterocycles. The van der Waals surface area contributed by atoms with Crippen LogP contribution >= 0.6 is 0 Å². The van der Waals surface area contributed by atoms with Gasteiger partial charge < -0.3 is 15.2 Å². The topological polar surface area (TPSA) is 92.7 Å². The molecular weight excluding hydrogens is 315 g/mol. The van der Waals surface area contributed by atoms with Gasteiger partial charge in [0, 0.05) is 12.8 Å². The lowest BCUT2D eigenvalue weighted by Crippen LogP contribution is -2.33. The zero-order valence-electron chi connectivity index (χ0n) is 10.7. The maximum atomic E-state index is 12.3. The Hall–Kier alpha value is -1.81. The molecule has 0 aromatic heterocycles. The number of nitrogens with one attached hydrogen (secondary N) is 1. The van der Waals surface area contributed by atoms with E-state index in [1.807, 2.05) is 0 Å². The molecule has 1 unspecified atom stereocenters. The second kappa shape index (κ2) is 6.31. The van der Waals surface area contributed by atoms with Gasteiger partial charge in [-0.3, -0.25) is 0 Å². The van der Waals surface area contributed by atoms with Crippen LogP contribution in [0.15, 0.2) is 29.2 Å². The third kappa shape index (κ3) is 4.08. The van der Waals surface area contributed by atoms with Gasteiger partial charge in [0.05, 0.1) is 11.5 Å². The highest BCUT2D eigenvalue weighted by Crippen LogP contribution is 2.30. The van der Waals surface area contributed by atoms with Crippen LogP contribution in [-0.4, -0.2) is 44.8 Å². The number of methoxy groups -OCH3 is 1. The van der Waals surface area contributed by atoms with Crippen LogP contribution < -0.4 is 5.32 Å². The largest absolute Gasteiger partial charge is 0.501 e. The quantitative estimate of drug-likeness (QED) is 0.822. The number of hydrogen-bond acceptors (Lipinski definition) is 5. The van der Waals surface area contributed by atoms with E-state index < -0.39 is 32.3 Å². The summed E-state index contributed by atoms with van der Waals surface area (Å²) >= 11 is 0. The molecule has 21 heavy (non-hydrogen) atoms. The number of hydrogen-bond donors (Lipinski definition) is 2. The summed E-state index contributed by atoms with van der Waals surface area (Å²) in [6, 6.07) is 2.47. The molecule has 6 nitrogen and oxygen atoms in total. The molecule has 0 aliphatic rings. The lowest BCUT2D eigenvalue weighted by Gasteiger charge is -2.15. The van der Waals surface area contributed by atoms with Crippen molar-refractivity contribution in [3.8, 4) is 0 Å². The van der Waals surface area contributed by atoms with E-state index in [4.69, 9.17) is 5.11 Å². The maximum absolute atomic E-state index is 12.3. The molecule has 0 saturated carbocycles. The van der Waals surface area contributed by atoms with E-state index >= 15 is 0 Å². The van der Waals surface area contributed by atoms with Gasteiger partial charge >= 0.3 is 11.5 Å². The highest BCUT2D eigenvalue weighted by atomic mass is 32.2. The average Bonchev–Trinajstić information content (AvgIpc) is 2.37. The Morgan fingerprint density at radius 2 is 1.86 bits per heavy atom. The Morgan fingerprint density at radius 3 is 2.24 bits per heavy atom. The smallest absolute Gasteiger partial charge is 0.480 e. The summed E-state index contributed by atoms with van der Waals surface area (Å²) in [5.41, 5.74) is -5.23. The summed E-state index contributed by atoms with van der Waals surface area (Å²) in [6.45, 7) is -0.169.